The topological polar surface area (TPSA) is 17.1 Å². The Balaban J connectivity index is 0. The third-order valence-electron chi connectivity index (χ3n) is 4.43. The smallest absolute Gasteiger partial charge is 0.303 e. The van der Waals surface area contributed by atoms with Gasteiger partial charge in [-0.15, -0.1) is 0 Å². The van der Waals surface area contributed by atoms with Gasteiger partial charge in [0, 0.05) is 6.42 Å². The molecule has 0 atom stereocenters. The molecular formula is C20H42MgO. The maximum Gasteiger partial charge on any atom is 0.316 e. The zero-order valence-corrected chi connectivity index (χ0v) is 14.7. The summed E-state index contributed by atoms with van der Waals surface area (Å²) in [5.41, 5.74) is 0. The van der Waals surface area contributed by atoms with Crippen molar-refractivity contribution in [3.8, 4) is 0 Å². The van der Waals surface area contributed by atoms with Crippen LogP contribution in [0.5, 0.6) is 0 Å². The van der Waals surface area contributed by atoms with Crippen molar-refractivity contribution in [2.75, 3.05) is 0 Å². The zero-order chi connectivity index (χ0) is 15.4. The highest BCUT2D eigenvalue weighted by molar-refractivity contribution is 5.75. The third kappa shape index (κ3) is 22.7. The van der Waals surface area contributed by atoms with Crippen LogP contribution in [0.2, 0.25) is 0 Å². The number of carbonyl (C=O) groups excluding carboxylic acids is 1. The normalized spacial score (nSPS) is 10.4. The average Bonchev–Trinajstić information content (AvgIpc) is 2.50. The van der Waals surface area contributed by atoms with Crippen LogP contribution >= 0.6 is 0 Å². The predicted molar refractivity (Wildman–Crippen MR) is 103 cm³/mol. The Bertz CT molecular complexity index is 194. The lowest BCUT2D eigenvalue weighted by molar-refractivity contribution is -0.107. The fourth-order valence-electron chi connectivity index (χ4n) is 2.95. The van der Waals surface area contributed by atoms with Crippen LogP contribution in [-0.2, 0) is 4.79 Å². The molecule has 1 nitrogen and oxygen atoms in total. The Morgan fingerprint density at radius 3 is 1.05 bits per heavy atom. The van der Waals surface area contributed by atoms with Gasteiger partial charge in [0.1, 0.15) is 6.29 Å². The van der Waals surface area contributed by atoms with Crippen LogP contribution < -0.4 is 0 Å². The molecule has 0 N–H and O–H groups in total. The van der Waals surface area contributed by atoms with Crippen molar-refractivity contribution in [2.45, 2.75) is 122 Å². The van der Waals surface area contributed by atoms with E-state index in [1.165, 1.54) is 103 Å². The highest BCUT2D eigenvalue weighted by atomic mass is 24.3. The van der Waals surface area contributed by atoms with Crippen molar-refractivity contribution in [1.29, 1.82) is 0 Å². The minimum absolute atomic E-state index is 0. The first-order valence-electron chi connectivity index (χ1n) is 9.85. The van der Waals surface area contributed by atoms with Crippen LogP contribution in [0.4, 0.5) is 0 Å². The molecule has 0 heterocycles. The molecule has 0 spiro atoms. The lowest BCUT2D eigenvalue weighted by Gasteiger charge is -2.03. The van der Waals surface area contributed by atoms with Gasteiger partial charge in [0.25, 0.3) is 0 Å². The predicted octanol–water partition coefficient (Wildman–Crippen LogP) is 6.31. The summed E-state index contributed by atoms with van der Waals surface area (Å²) in [6.45, 7) is 2.29. The molecule has 2 heteroatoms. The van der Waals surface area contributed by atoms with Crippen LogP contribution in [0.1, 0.15) is 122 Å². The number of rotatable bonds is 18. The van der Waals surface area contributed by atoms with Crippen molar-refractivity contribution in [3.63, 3.8) is 0 Å². The van der Waals surface area contributed by atoms with E-state index in [2.05, 4.69) is 6.92 Å². The maximum atomic E-state index is 10.2. The van der Waals surface area contributed by atoms with Crippen molar-refractivity contribution in [1.82, 2.24) is 0 Å². The van der Waals surface area contributed by atoms with Gasteiger partial charge in [0.15, 0.2) is 0 Å². The van der Waals surface area contributed by atoms with Crippen molar-refractivity contribution < 1.29 is 4.79 Å². The third-order valence-corrected chi connectivity index (χ3v) is 4.43. The van der Waals surface area contributed by atoms with Gasteiger partial charge in [0.2, 0.25) is 0 Å². The summed E-state index contributed by atoms with van der Waals surface area (Å²) in [6.07, 6.45) is 25.5. The minimum Gasteiger partial charge on any atom is -0.303 e. The molecule has 0 fully saturated rings. The number of hydrogen-bond acceptors (Lipinski definition) is 1. The SMILES string of the molecule is CCCCCCCCCCCCCCCCCCCC=O.[MgH2]. The molecule has 0 aromatic rings. The number of aldehydes is 1. The lowest BCUT2D eigenvalue weighted by atomic mass is 10.0. The van der Waals surface area contributed by atoms with Gasteiger partial charge in [-0.1, -0.05) is 110 Å². The zero-order valence-electron chi connectivity index (χ0n) is 14.7. The van der Waals surface area contributed by atoms with E-state index in [9.17, 15) is 4.79 Å². The second-order valence-electron chi connectivity index (χ2n) is 6.61. The van der Waals surface area contributed by atoms with E-state index < -0.39 is 0 Å². The Hall–Kier alpha value is 0.436. The van der Waals surface area contributed by atoms with Crippen LogP contribution in [0, 0.1) is 0 Å². The van der Waals surface area contributed by atoms with Gasteiger partial charge in [-0.25, -0.2) is 0 Å². The molecule has 130 valence electrons. The highest BCUT2D eigenvalue weighted by Gasteiger charge is 1.94. The lowest BCUT2D eigenvalue weighted by Crippen LogP contribution is -1.84. The van der Waals surface area contributed by atoms with E-state index in [0.29, 0.717) is 0 Å². The molecular weight excluding hydrogens is 281 g/mol. The molecule has 0 rings (SSSR count). The maximum absolute atomic E-state index is 10.2. The summed E-state index contributed by atoms with van der Waals surface area (Å²) in [6, 6.07) is 0. The quantitative estimate of drug-likeness (QED) is 0.164. The molecule has 0 aliphatic rings. The van der Waals surface area contributed by atoms with E-state index in [4.69, 9.17) is 0 Å². The molecule has 0 aliphatic heterocycles. The number of unbranched alkanes of at least 4 members (excludes halogenated alkanes) is 17. The van der Waals surface area contributed by atoms with Crippen molar-refractivity contribution >= 4 is 29.3 Å². The largest absolute Gasteiger partial charge is 0.316 e. The molecule has 0 amide bonds. The van der Waals surface area contributed by atoms with Gasteiger partial charge < -0.3 is 4.79 Å². The molecule has 0 radical (unpaired) electrons. The van der Waals surface area contributed by atoms with Gasteiger partial charge in [0.05, 0.1) is 0 Å². The minimum atomic E-state index is 0. The van der Waals surface area contributed by atoms with Crippen molar-refractivity contribution in [2.24, 2.45) is 0 Å². The highest BCUT2D eigenvalue weighted by Crippen LogP contribution is 2.14. The first kappa shape index (κ1) is 24.7. The van der Waals surface area contributed by atoms with Crippen molar-refractivity contribution in [3.05, 3.63) is 0 Å². The van der Waals surface area contributed by atoms with Crippen LogP contribution in [-0.4, -0.2) is 29.3 Å². The number of carbonyl (C=O) groups is 1. The van der Waals surface area contributed by atoms with Gasteiger partial charge in [-0.2, -0.15) is 0 Å². The fraction of sp³-hybridized carbons (Fsp3) is 0.950. The summed E-state index contributed by atoms with van der Waals surface area (Å²) in [4.78, 5) is 10.2. The Kier molecular flexibility index (Phi) is 26.6. The monoisotopic (exact) mass is 322 g/mol. The first-order valence-corrected chi connectivity index (χ1v) is 9.85. The average molecular weight is 323 g/mol. The second-order valence-corrected chi connectivity index (χ2v) is 6.61. The Labute approximate surface area is 156 Å². The first-order chi connectivity index (χ1) is 10.4. The van der Waals surface area contributed by atoms with Gasteiger partial charge >= 0.3 is 23.1 Å². The van der Waals surface area contributed by atoms with E-state index >= 15 is 0 Å². The molecule has 0 aliphatic carbocycles. The van der Waals surface area contributed by atoms with Crippen LogP contribution in [0.25, 0.3) is 0 Å². The van der Waals surface area contributed by atoms with E-state index in [1.807, 2.05) is 0 Å². The Morgan fingerprint density at radius 1 is 0.500 bits per heavy atom. The molecule has 0 saturated heterocycles. The summed E-state index contributed by atoms with van der Waals surface area (Å²) < 4.78 is 0. The molecule has 0 aromatic carbocycles. The fourth-order valence-corrected chi connectivity index (χ4v) is 2.95. The molecule has 22 heavy (non-hydrogen) atoms. The van der Waals surface area contributed by atoms with E-state index in [1.54, 1.807) is 0 Å². The van der Waals surface area contributed by atoms with Gasteiger partial charge in [-0.05, 0) is 6.42 Å². The Morgan fingerprint density at radius 2 is 0.773 bits per heavy atom. The van der Waals surface area contributed by atoms with Gasteiger partial charge in [-0.3, -0.25) is 0 Å². The second kappa shape index (κ2) is 23.7. The van der Waals surface area contributed by atoms with Crippen LogP contribution in [0.3, 0.4) is 0 Å². The van der Waals surface area contributed by atoms with Crippen LogP contribution in [0.15, 0.2) is 0 Å². The summed E-state index contributed by atoms with van der Waals surface area (Å²) in [7, 11) is 0. The standard InChI is InChI=1S/C20H40O.Mg.2H/c1-2-3-4-5-6-7-8-9-10-11-12-13-14-15-16-17-18-19-20-21;;;/h20H,2-19H2,1H3;;;. The molecule has 0 bridgehead atoms. The summed E-state index contributed by atoms with van der Waals surface area (Å²) in [5.74, 6) is 0. The summed E-state index contributed by atoms with van der Waals surface area (Å²) in [5, 5.41) is 0. The van der Waals surface area contributed by atoms with E-state index in [0.717, 1.165) is 19.1 Å². The molecule has 0 aromatic heterocycles. The number of hydrogen-bond donors (Lipinski definition) is 0. The summed E-state index contributed by atoms with van der Waals surface area (Å²) >= 11 is 0. The molecule has 0 saturated carbocycles. The molecule has 0 unspecified atom stereocenters. The van der Waals surface area contributed by atoms with E-state index in [-0.39, 0.29) is 23.1 Å².